The smallest absolute Gasteiger partial charge is 0.362 e. The van der Waals surface area contributed by atoms with Crippen LogP contribution in [0.1, 0.15) is 17.4 Å². The summed E-state index contributed by atoms with van der Waals surface area (Å²) in [5, 5.41) is 7.74. The molecule has 12 nitrogen and oxygen atoms in total. The molecule has 1 saturated heterocycles. The van der Waals surface area contributed by atoms with Gasteiger partial charge < -0.3 is 14.8 Å². The van der Waals surface area contributed by atoms with E-state index in [9.17, 15) is 24.0 Å². The highest BCUT2D eigenvalue weighted by Crippen LogP contribution is 2.25. The van der Waals surface area contributed by atoms with Crippen LogP contribution in [0.3, 0.4) is 0 Å². The predicted molar refractivity (Wildman–Crippen MR) is 102 cm³/mol. The molecule has 1 fully saturated rings. The quantitative estimate of drug-likeness (QED) is 0.491. The third-order valence-corrected chi connectivity index (χ3v) is 4.59. The maximum atomic E-state index is 12.8. The number of nitrogens with one attached hydrogen (secondary N) is 2. The van der Waals surface area contributed by atoms with E-state index < -0.39 is 35.6 Å². The van der Waals surface area contributed by atoms with Gasteiger partial charge in [-0.05, 0) is 31.2 Å². The zero-order valence-electron chi connectivity index (χ0n) is 15.7. The van der Waals surface area contributed by atoms with E-state index >= 15 is 0 Å². The van der Waals surface area contributed by atoms with Crippen LogP contribution in [0.25, 0.3) is 0 Å². The molecule has 0 unspecified atom stereocenters. The molecule has 0 aliphatic carbocycles. The minimum atomic E-state index is -1.87. The first-order valence-corrected chi connectivity index (χ1v) is 9.27. The van der Waals surface area contributed by atoms with Crippen molar-refractivity contribution < 1.29 is 33.4 Å². The lowest BCUT2D eigenvalue weighted by Gasteiger charge is -2.29. The summed E-state index contributed by atoms with van der Waals surface area (Å²) in [7, 11) is 1.45. The number of rotatable bonds is 6. The van der Waals surface area contributed by atoms with Gasteiger partial charge in [0, 0.05) is 11.5 Å². The first-order valence-electron chi connectivity index (χ1n) is 8.50. The van der Waals surface area contributed by atoms with Crippen LogP contribution in [-0.2, 0) is 19.1 Å². The highest BCUT2D eigenvalue weighted by molar-refractivity contribution is 7.10. The fourth-order valence-corrected chi connectivity index (χ4v) is 3.13. The van der Waals surface area contributed by atoms with Gasteiger partial charge in [-0.25, -0.2) is 14.5 Å². The summed E-state index contributed by atoms with van der Waals surface area (Å²) < 4.78 is 13.4. The summed E-state index contributed by atoms with van der Waals surface area (Å²) in [6.07, 6.45) is 0. The summed E-state index contributed by atoms with van der Waals surface area (Å²) in [5.74, 6) is -5.42. The summed E-state index contributed by atoms with van der Waals surface area (Å²) in [6.45, 7) is 1.66. The van der Waals surface area contributed by atoms with Crippen LogP contribution in [0.4, 0.5) is 15.5 Å². The number of anilines is 2. The SMILES string of the molecule is CCOC(=O)c1nnsc1NC(=O)[C@H]1C(=O)NC(=O)N(c2ccc(OC)cc2)C1=O. The van der Waals surface area contributed by atoms with Gasteiger partial charge in [0.15, 0.2) is 10.9 Å². The average Bonchev–Trinajstić information content (AvgIpc) is 3.16. The van der Waals surface area contributed by atoms with Gasteiger partial charge in [0.05, 0.1) is 19.4 Å². The molecule has 13 heteroatoms. The van der Waals surface area contributed by atoms with Crippen LogP contribution in [0.15, 0.2) is 24.3 Å². The summed E-state index contributed by atoms with van der Waals surface area (Å²) in [5.41, 5.74) is -0.128. The van der Waals surface area contributed by atoms with Crippen molar-refractivity contribution in [1.82, 2.24) is 14.9 Å². The predicted octanol–water partition coefficient (Wildman–Crippen LogP) is 0.561. The Balaban J connectivity index is 1.84. The fourth-order valence-electron chi connectivity index (χ4n) is 2.57. The number of urea groups is 1. The van der Waals surface area contributed by atoms with Gasteiger partial charge in [-0.1, -0.05) is 4.49 Å². The summed E-state index contributed by atoms with van der Waals surface area (Å²) >= 11 is 0.669. The molecule has 2 aromatic rings. The number of hydrogen-bond donors (Lipinski definition) is 2. The van der Waals surface area contributed by atoms with Crippen molar-refractivity contribution in [1.29, 1.82) is 0 Å². The van der Waals surface area contributed by atoms with Crippen molar-refractivity contribution in [2.24, 2.45) is 5.92 Å². The number of barbiturate groups is 1. The largest absolute Gasteiger partial charge is 0.497 e. The molecule has 0 bridgehead atoms. The monoisotopic (exact) mass is 433 g/mol. The number of esters is 1. The number of nitrogens with zero attached hydrogens (tertiary/aromatic N) is 3. The molecule has 2 heterocycles. The Bertz CT molecular complexity index is 1020. The normalized spacial score (nSPS) is 16.1. The van der Waals surface area contributed by atoms with Crippen LogP contribution in [0.5, 0.6) is 5.75 Å². The average molecular weight is 433 g/mol. The minimum Gasteiger partial charge on any atom is -0.497 e. The van der Waals surface area contributed by atoms with Gasteiger partial charge in [0.1, 0.15) is 5.75 Å². The van der Waals surface area contributed by atoms with Crippen LogP contribution >= 0.6 is 11.5 Å². The van der Waals surface area contributed by atoms with Gasteiger partial charge in [0.25, 0.3) is 5.91 Å². The topological polar surface area (TPSA) is 157 Å². The Morgan fingerprint density at radius 2 is 1.93 bits per heavy atom. The molecule has 1 atom stereocenters. The molecule has 3 rings (SSSR count). The lowest BCUT2D eigenvalue weighted by molar-refractivity contribution is -0.139. The summed E-state index contributed by atoms with van der Waals surface area (Å²) in [6, 6.07) is 4.87. The van der Waals surface area contributed by atoms with E-state index in [1.54, 1.807) is 6.92 Å². The molecule has 1 aliphatic rings. The molecule has 1 aromatic carbocycles. The first kappa shape index (κ1) is 20.9. The zero-order chi connectivity index (χ0) is 21.8. The van der Waals surface area contributed by atoms with Crippen molar-refractivity contribution in [2.45, 2.75) is 6.92 Å². The van der Waals surface area contributed by atoms with Crippen molar-refractivity contribution >= 4 is 51.9 Å². The van der Waals surface area contributed by atoms with E-state index in [-0.39, 0.29) is 23.0 Å². The van der Waals surface area contributed by atoms with E-state index in [2.05, 4.69) is 14.9 Å². The molecule has 0 radical (unpaired) electrons. The van der Waals surface area contributed by atoms with Gasteiger partial charge in [0.2, 0.25) is 17.5 Å². The van der Waals surface area contributed by atoms with E-state index in [4.69, 9.17) is 9.47 Å². The van der Waals surface area contributed by atoms with Gasteiger partial charge >= 0.3 is 12.0 Å². The van der Waals surface area contributed by atoms with Crippen LogP contribution in [-0.4, -0.2) is 53.0 Å². The van der Waals surface area contributed by atoms with Crippen molar-refractivity contribution in [3.05, 3.63) is 30.0 Å². The van der Waals surface area contributed by atoms with E-state index in [1.165, 1.54) is 31.4 Å². The van der Waals surface area contributed by atoms with Gasteiger partial charge in [-0.2, -0.15) is 0 Å². The molecular weight excluding hydrogens is 418 g/mol. The highest BCUT2D eigenvalue weighted by atomic mass is 32.1. The van der Waals surface area contributed by atoms with Crippen molar-refractivity contribution in [2.75, 3.05) is 23.9 Å². The number of carbonyl (C=O) groups excluding carboxylic acids is 5. The Morgan fingerprint density at radius 3 is 2.57 bits per heavy atom. The zero-order valence-corrected chi connectivity index (χ0v) is 16.5. The van der Waals surface area contributed by atoms with E-state index in [0.29, 0.717) is 22.2 Å². The maximum absolute atomic E-state index is 12.8. The molecule has 156 valence electrons. The second-order valence-corrected chi connectivity index (χ2v) is 6.51. The standard InChI is InChI=1S/C17H15N5O7S/c1-3-29-16(26)11-14(30-21-20-11)18-12(23)10-13(24)19-17(27)22(15(10)25)8-4-6-9(28-2)7-5-8/h4-7,10H,3H2,1-2H3,(H,18,23)(H,19,24,27)/t10-/m0/s1. The number of carbonyl (C=O) groups is 5. The van der Waals surface area contributed by atoms with E-state index in [0.717, 1.165) is 0 Å². The minimum absolute atomic E-state index is 0.0756. The Morgan fingerprint density at radius 1 is 1.23 bits per heavy atom. The van der Waals surface area contributed by atoms with Crippen LogP contribution in [0, 0.1) is 5.92 Å². The molecule has 1 aliphatic heterocycles. The lowest BCUT2D eigenvalue weighted by Crippen LogP contribution is -2.61. The Labute approximate surface area is 173 Å². The van der Waals surface area contributed by atoms with Gasteiger partial charge in [-0.3, -0.25) is 19.7 Å². The Hall–Kier alpha value is -3.87. The number of aromatic nitrogens is 2. The molecule has 2 N–H and O–H groups in total. The number of ether oxygens (including phenoxy) is 2. The first-order chi connectivity index (χ1) is 14.4. The second-order valence-electron chi connectivity index (χ2n) is 5.76. The Kier molecular flexibility index (Phi) is 6.01. The lowest BCUT2D eigenvalue weighted by atomic mass is 10.0. The molecule has 5 amide bonds. The molecule has 0 saturated carbocycles. The number of imide groups is 2. The maximum Gasteiger partial charge on any atom is 0.362 e. The van der Waals surface area contributed by atoms with Gasteiger partial charge in [-0.15, -0.1) is 5.10 Å². The number of amides is 5. The van der Waals surface area contributed by atoms with Crippen LogP contribution in [0.2, 0.25) is 0 Å². The molecule has 0 spiro atoms. The molecule has 1 aromatic heterocycles. The number of hydrogen-bond acceptors (Lipinski definition) is 10. The van der Waals surface area contributed by atoms with Crippen LogP contribution < -0.4 is 20.3 Å². The highest BCUT2D eigenvalue weighted by Gasteiger charge is 2.46. The van der Waals surface area contributed by atoms with Crippen molar-refractivity contribution in [3.63, 3.8) is 0 Å². The van der Waals surface area contributed by atoms with E-state index in [1.807, 2.05) is 5.32 Å². The number of benzene rings is 1. The second kappa shape index (κ2) is 8.65. The fraction of sp³-hybridized carbons (Fsp3) is 0.235. The number of methoxy groups -OCH3 is 1. The summed E-state index contributed by atoms with van der Waals surface area (Å²) in [4.78, 5) is 62.4. The molecule has 30 heavy (non-hydrogen) atoms. The third kappa shape index (κ3) is 3.96. The molecular formula is C17H15N5O7S. The van der Waals surface area contributed by atoms with Crippen molar-refractivity contribution in [3.8, 4) is 5.75 Å². The third-order valence-electron chi connectivity index (χ3n) is 3.95.